The SMILES string of the molecule is CCOc1ccc(NC(=O)c2cc(S(=O)(=O)N3CCCc4ccccc43)ccc2Cl)cc1. The van der Waals surface area contributed by atoms with Crippen LogP contribution in [0.1, 0.15) is 29.3 Å². The Labute approximate surface area is 192 Å². The number of hydrogen-bond acceptors (Lipinski definition) is 4. The van der Waals surface area contributed by atoms with Crippen LogP contribution in [-0.4, -0.2) is 27.5 Å². The summed E-state index contributed by atoms with van der Waals surface area (Å²) in [7, 11) is -3.85. The summed E-state index contributed by atoms with van der Waals surface area (Å²) in [4.78, 5) is 12.9. The van der Waals surface area contributed by atoms with Gasteiger partial charge in [-0.1, -0.05) is 29.8 Å². The lowest BCUT2D eigenvalue weighted by atomic mass is 10.0. The van der Waals surface area contributed by atoms with E-state index in [4.69, 9.17) is 16.3 Å². The van der Waals surface area contributed by atoms with Gasteiger partial charge in [-0.25, -0.2) is 8.42 Å². The number of ether oxygens (including phenoxy) is 1. The van der Waals surface area contributed by atoms with E-state index in [0.29, 0.717) is 30.3 Å². The van der Waals surface area contributed by atoms with Crippen LogP contribution in [0.4, 0.5) is 11.4 Å². The lowest BCUT2D eigenvalue weighted by Crippen LogP contribution is -2.35. The van der Waals surface area contributed by atoms with Crippen LogP contribution < -0.4 is 14.4 Å². The van der Waals surface area contributed by atoms with E-state index in [1.54, 1.807) is 24.3 Å². The standard InChI is InChI=1S/C24H23ClN2O4S/c1-2-31-19-11-9-18(10-12-19)26-24(28)21-16-20(13-14-22(21)25)32(29,30)27-15-5-7-17-6-3-4-8-23(17)27/h3-4,6,8-14,16H,2,5,7,15H2,1H3,(H,26,28). The minimum Gasteiger partial charge on any atom is -0.494 e. The van der Waals surface area contributed by atoms with Crippen molar-refractivity contribution in [2.75, 3.05) is 22.8 Å². The number of nitrogens with zero attached hydrogens (tertiary/aromatic N) is 1. The van der Waals surface area contributed by atoms with Crippen LogP contribution in [0.15, 0.2) is 71.6 Å². The molecule has 32 heavy (non-hydrogen) atoms. The van der Waals surface area contributed by atoms with Crippen molar-refractivity contribution in [3.8, 4) is 5.75 Å². The second-order valence-corrected chi connectivity index (χ2v) is 9.63. The summed E-state index contributed by atoms with van der Waals surface area (Å²) < 4.78 is 33.7. The third kappa shape index (κ3) is 4.45. The number of aryl methyl sites for hydroxylation is 1. The normalized spacial score (nSPS) is 13.4. The molecule has 0 bridgehead atoms. The second-order valence-electron chi connectivity index (χ2n) is 7.36. The molecule has 3 aromatic carbocycles. The fourth-order valence-electron chi connectivity index (χ4n) is 3.71. The topological polar surface area (TPSA) is 75.7 Å². The maximum atomic E-state index is 13.4. The van der Waals surface area contributed by atoms with Gasteiger partial charge in [-0.05, 0) is 73.9 Å². The van der Waals surface area contributed by atoms with Crippen molar-refractivity contribution in [3.05, 3.63) is 82.9 Å². The number of para-hydroxylation sites is 1. The van der Waals surface area contributed by atoms with Crippen molar-refractivity contribution in [2.45, 2.75) is 24.7 Å². The molecule has 0 saturated heterocycles. The lowest BCUT2D eigenvalue weighted by molar-refractivity contribution is 0.102. The summed E-state index contributed by atoms with van der Waals surface area (Å²) in [6, 6.07) is 18.6. The van der Waals surface area contributed by atoms with Gasteiger partial charge in [-0.3, -0.25) is 9.10 Å². The number of hydrogen-bond donors (Lipinski definition) is 1. The predicted octanol–water partition coefficient (Wildman–Crippen LogP) is 5.13. The maximum absolute atomic E-state index is 13.4. The molecule has 0 aliphatic carbocycles. The Morgan fingerprint density at radius 2 is 1.84 bits per heavy atom. The molecule has 0 unspecified atom stereocenters. The van der Waals surface area contributed by atoms with Gasteiger partial charge in [0.15, 0.2) is 0 Å². The van der Waals surface area contributed by atoms with E-state index in [1.807, 2.05) is 31.2 Å². The zero-order chi connectivity index (χ0) is 22.7. The van der Waals surface area contributed by atoms with Crippen LogP contribution in [0.5, 0.6) is 5.75 Å². The molecule has 4 rings (SSSR count). The number of nitrogens with one attached hydrogen (secondary N) is 1. The second kappa shape index (κ2) is 9.22. The summed E-state index contributed by atoms with van der Waals surface area (Å²) in [6.45, 7) is 2.82. The molecular formula is C24H23ClN2O4S. The average molecular weight is 471 g/mol. The number of anilines is 2. The number of carbonyl (C=O) groups is 1. The Kier molecular flexibility index (Phi) is 6.39. The number of rotatable bonds is 6. The number of amides is 1. The fourth-order valence-corrected chi connectivity index (χ4v) is 5.49. The van der Waals surface area contributed by atoms with Gasteiger partial charge in [0.1, 0.15) is 5.75 Å². The minimum atomic E-state index is -3.85. The third-order valence-corrected chi connectivity index (χ3v) is 7.40. The molecular weight excluding hydrogens is 448 g/mol. The van der Waals surface area contributed by atoms with Crippen molar-refractivity contribution >= 4 is 38.9 Å². The van der Waals surface area contributed by atoms with E-state index < -0.39 is 15.9 Å². The molecule has 1 aliphatic rings. The highest BCUT2D eigenvalue weighted by Gasteiger charge is 2.30. The molecule has 1 aliphatic heterocycles. The van der Waals surface area contributed by atoms with Gasteiger partial charge in [-0.15, -0.1) is 0 Å². The summed E-state index contributed by atoms with van der Waals surface area (Å²) in [5.74, 6) is 0.202. The van der Waals surface area contributed by atoms with Crippen molar-refractivity contribution in [2.24, 2.45) is 0 Å². The zero-order valence-electron chi connectivity index (χ0n) is 17.5. The Morgan fingerprint density at radius 3 is 2.59 bits per heavy atom. The number of fused-ring (bicyclic) bond motifs is 1. The van der Waals surface area contributed by atoms with E-state index in [1.165, 1.54) is 22.5 Å². The first-order valence-electron chi connectivity index (χ1n) is 10.3. The van der Waals surface area contributed by atoms with Gasteiger partial charge < -0.3 is 10.1 Å². The van der Waals surface area contributed by atoms with Crippen molar-refractivity contribution < 1.29 is 17.9 Å². The van der Waals surface area contributed by atoms with E-state index in [-0.39, 0.29) is 15.5 Å². The Hall–Kier alpha value is -3.03. The predicted molar refractivity (Wildman–Crippen MR) is 126 cm³/mol. The first kappa shape index (κ1) is 22.2. The number of sulfonamides is 1. The van der Waals surface area contributed by atoms with Crippen LogP contribution in [0.2, 0.25) is 5.02 Å². The largest absolute Gasteiger partial charge is 0.494 e. The van der Waals surface area contributed by atoms with Crippen LogP contribution in [-0.2, 0) is 16.4 Å². The number of benzene rings is 3. The molecule has 0 fully saturated rings. The molecule has 0 spiro atoms. The average Bonchev–Trinajstić information content (AvgIpc) is 2.80. The van der Waals surface area contributed by atoms with Gasteiger partial charge >= 0.3 is 0 Å². The highest BCUT2D eigenvalue weighted by Crippen LogP contribution is 2.33. The highest BCUT2D eigenvalue weighted by molar-refractivity contribution is 7.92. The highest BCUT2D eigenvalue weighted by atomic mass is 35.5. The van der Waals surface area contributed by atoms with E-state index in [0.717, 1.165) is 18.4 Å². The molecule has 8 heteroatoms. The van der Waals surface area contributed by atoms with Gasteiger partial charge in [0, 0.05) is 12.2 Å². The van der Waals surface area contributed by atoms with Crippen LogP contribution >= 0.6 is 11.6 Å². The van der Waals surface area contributed by atoms with Gasteiger partial charge in [0.05, 0.1) is 27.8 Å². The third-order valence-electron chi connectivity index (χ3n) is 5.26. The van der Waals surface area contributed by atoms with Crippen molar-refractivity contribution in [3.63, 3.8) is 0 Å². The smallest absolute Gasteiger partial charge is 0.264 e. The fraction of sp³-hybridized carbons (Fsp3) is 0.208. The first-order valence-corrected chi connectivity index (χ1v) is 12.2. The first-order chi connectivity index (χ1) is 15.4. The van der Waals surface area contributed by atoms with Crippen LogP contribution in [0.25, 0.3) is 0 Å². The van der Waals surface area contributed by atoms with Gasteiger partial charge in [0.2, 0.25) is 0 Å². The van der Waals surface area contributed by atoms with E-state index in [9.17, 15) is 13.2 Å². The molecule has 0 saturated carbocycles. The molecule has 0 aromatic heterocycles. The van der Waals surface area contributed by atoms with Crippen molar-refractivity contribution in [1.29, 1.82) is 0 Å². The molecule has 3 aromatic rings. The summed E-state index contributed by atoms with van der Waals surface area (Å²) in [5.41, 5.74) is 2.30. The van der Waals surface area contributed by atoms with Crippen molar-refractivity contribution in [1.82, 2.24) is 0 Å². The number of halogens is 1. The quantitative estimate of drug-likeness (QED) is 0.541. The number of carbonyl (C=O) groups excluding carboxylic acids is 1. The maximum Gasteiger partial charge on any atom is 0.264 e. The molecule has 0 radical (unpaired) electrons. The van der Waals surface area contributed by atoms with Crippen LogP contribution in [0, 0.1) is 0 Å². The van der Waals surface area contributed by atoms with Gasteiger partial charge in [0.25, 0.3) is 15.9 Å². The molecule has 1 heterocycles. The lowest BCUT2D eigenvalue weighted by Gasteiger charge is -2.30. The van der Waals surface area contributed by atoms with Crippen LogP contribution in [0.3, 0.4) is 0 Å². The Bertz CT molecular complexity index is 1240. The molecule has 0 atom stereocenters. The minimum absolute atomic E-state index is 0.0236. The van der Waals surface area contributed by atoms with E-state index in [2.05, 4.69) is 5.32 Å². The molecule has 1 amide bonds. The Balaban J connectivity index is 1.62. The van der Waals surface area contributed by atoms with Gasteiger partial charge in [-0.2, -0.15) is 0 Å². The Morgan fingerprint density at radius 1 is 1.09 bits per heavy atom. The molecule has 166 valence electrons. The summed E-state index contributed by atoms with van der Waals surface area (Å²) in [6.07, 6.45) is 1.56. The monoisotopic (exact) mass is 470 g/mol. The molecule has 6 nitrogen and oxygen atoms in total. The zero-order valence-corrected chi connectivity index (χ0v) is 19.1. The summed E-state index contributed by atoms with van der Waals surface area (Å²) >= 11 is 6.25. The van der Waals surface area contributed by atoms with E-state index >= 15 is 0 Å². The molecule has 1 N–H and O–H groups in total. The summed E-state index contributed by atoms with van der Waals surface area (Å²) in [5, 5.41) is 2.93.